The summed E-state index contributed by atoms with van der Waals surface area (Å²) < 4.78 is 0. The van der Waals surface area contributed by atoms with Gasteiger partial charge in [0.2, 0.25) is 0 Å². The molecule has 5 heteroatoms. The van der Waals surface area contributed by atoms with Crippen molar-refractivity contribution in [3.8, 4) is 0 Å². The molecule has 0 aliphatic carbocycles. The maximum absolute atomic E-state index is 14.4. The predicted octanol–water partition coefficient (Wildman–Crippen LogP) is 7.92. The molecule has 0 aliphatic rings. The standard InChI is InChI=1S/C41H38Cl2OP2/c42-40(45(34-19-7-1-8-20-34,35-21-9-2-10-22-35)36-23-11-3-12-24-36)31-33(44)32-41(43)46(37-25-13-4-14-26-37,38-27-15-5-16-28-38)39-29-17-6-18-30-39/h1-30,40-41,45-46H,31-32H2. The number of ketones is 1. The van der Waals surface area contributed by atoms with Gasteiger partial charge in [-0.15, -0.1) is 0 Å². The first-order valence-corrected chi connectivity index (χ1v) is 20.7. The minimum atomic E-state index is -2.87. The fraction of sp³-hybridized carbons (Fsp3) is 0.0976. The molecule has 2 unspecified atom stereocenters. The van der Waals surface area contributed by atoms with E-state index in [1.807, 2.05) is 36.4 Å². The molecule has 6 aromatic carbocycles. The third-order valence-electron chi connectivity index (χ3n) is 9.13. The first kappa shape index (κ1) is 32.4. The van der Waals surface area contributed by atoms with Gasteiger partial charge in [-0.1, -0.05) is 0 Å². The number of carbonyl (C=O) groups is 1. The fourth-order valence-electron chi connectivity index (χ4n) is 7.08. The summed E-state index contributed by atoms with van der Waals surface area (Å²) in [5, 5.41) is 6.24. The van der Waals surface area contributed by atoms with Crippen LogP contribution in [0.5, 0.6) is 0 Å². The Hall–Kier alpha value is -3.57. The van der Waals surface area contributed by atoms with Crippen LogP contribution in [-0.2, 0) is 4.79 Å². The molecule has 0 amide bonds. The van der Waals surface area contributed by atoms with Crippen molar-refractivity contribution in [2.45, 2.75) is 23.1 Å². The second kappa shape index (κ2) is 14.9. The van der Waals surface area contributed by atoms with Gasteiger partial charge in [-0.2, -0.15) is 0 Å². The van der Waals surface area contributed by atoms with Crippen LogP contribution in [0.15, 0.2) is 182 Å². The average molecular weight is 680 g/mol. The maximum atomic E-state index is 14.4. The molecule has 6 aromatic rings. The zero-order chi connectivity index (χ0) is 31.8. The van der Waals surface area contributed by atoms with Crippen molar-refractivity contribution in [3.63, 3.8) is 0 Å². The van der Waals surface area contributed by atoms with Gasteiger partial charge in [0.25, 0.3) is 0 Å². The molecule has 0 spiro atoms. The average Bonchev–Trinajstić information content (AvgIpc) is 3.12. The molecule has 0 N–H and O–H groups in total. The van der Waals surface area contributed by atoms with Gasteiger partial charge in [0, 0.05) is 0 Å². The Balaban J connectivity index is 1.43. The summed E-state index contributed by atoms with van der Waals surface area (Å²) in [5.41, 5.74) is 0. The number of hydrogen-bond acceptors (Lipinski definition) is 1. The van der Waals surface area contributed by atoms with Crippen molar-refractivity contribution in [2.75, 3.05) is 0 Å². The Morgan fingerprint density at radius 3 is 0.717 bits per heavy atom. The van der Waals surface area contributed by atoms with E-state index < -0.39 is 24.8 Å². The van der Waals surface area contributed by atoms with Crippen molar-refractivity contribution < 1.29 is 4.79 Å². The van der Waals surface area contributed by atoms with Gasteiger partial charge in [0.05, 0.1) is 0 Å². The van der Waals surface area contributed by atoms with E-state index in [9.17, 15) is 4.79 Å². The normalized spacial score (nSPS) is 13.8. The molecule has 6 rings (SSSR count). The van der Waals surface area contributed by atoms with E-state index >= 15 is 0 Å². The summed E-state index contributed by atoms with van der Waals surface area (Å²) >= 11 is 15.3. The van der Waals surface area contributed by atoms with Gasteiger partial charge in [0.15, 0.2) is 0 Å². The second-order valence-electron chi connectivity index (χ2n) is 11.7. The summed E-state index contributed by atoms with van der Waals surface area (Å²) in [4.78, 5) is 14.4. The first-order chi connectivity index (χ1) is 22.6. The topological polar surface area (TPSA) is 17.1 Å². The zero-order valence-corrected chi connectivity index (χ0v) is 29.1. The van der Waals surface area contributed by atoms with Crippen LogP contribution < -0.4 is 31.8 Å². The third kappa shape index (κ3) is 6.23. The molecule has 0 saturated heterocycles. The van der Waals surface area contributed by atoms with Crippen LogP contribution in [-0.4, -0.2) is 16.0 Å². The van der Waals surface area contributed by atoms with E-state index in [4.69, 9.17) is 23.2 Å². The molecule has 1 nitrogen and oxygen atoms in total. The number of Topliss-reactive ketones (excluding diaryl/α,β-unsaturated/α-hetero) is 1. The molecule has 0 radical (unpaired) electrons. The molecule has 0 heterocycles. The Morgan fingerprint density at radius 1 is 0.370 bits per heavy atom. The molecule has 46 heavy (non-hydrogen) atoms. The van der Waals surface area contributed by atoms with E-state index in [1.165, 1.54) is 31.8 Å². The van der Waals surface area contributed by atoms with Gasteiger partial charge in [-0.05, 0) is 0 Å². The Bertz CT molecular complexity index is 1490. The second-order valence-corrected chi connectivity index (χ2v) is 21.6. The zero-order valence-electron chi connectivity index (χ0n) is 25.6. The number of benzene rings is 6. The SMILES string of the molecule is O=C(CC(Cl)[PH](c1ccccc1)(c1ccccc1)c1ccccc1)CC(Cl)[PH](c1ccccc1)(c1ccccc1)c1ccccc1. The van der Waals surface area contributed by atoms with E-state index in [0.29, 0.717) is 0 Å². The molecule has 0 fully saturated rings. The Kier molecular flexibility index (Phi) is 10.5. The third-order valence-corrected chi connectivity index (χ3v) is 21.2. The molecular formula is C41H38Cl2OP2. The van der Waals surface area contributed by atoms with Crippen LogP contribution in [0, 0.1) is 0 Å². The molecule has 0 saturated carbocycles. The Morgan fingerprint density at radius 2 is 0.543 bits per heavy atom. The van der Waals surface area contributed by atoms with Crippen molar-refractivity contribution in [1.82, 2.24) is 0 Å². The van der Waals surface area contributed by atoms with Crippen LogP contribution >= 0.6 is 37.7 Å². The summed E-state index contributed by atoms with van der Waals surface area (Å²) in [6.07, 6.45) is 0.442. The van der Waals surface area contributed by atoms with Gasteiger partial charge in [0.1, 0.15) is 0 Å². The molecular weight excluding hydrogens is 641 g/mol. The van der Waals surface area contributed by atoms with Crippen LogP contribution in [0.25, 0.3) is 0 Å². The molecule has 0 aliphatic heterocycles. The molecule has 232 valence electrons. The number of halogens is 2. The number of rotatable bonds is 12. The number of carbonyl (C=O) groups excluding carboxylic acids is 1. The van der Waals surface area contributed by atoms with E-state index in [2.05, 4.69) is 146 Å². The van der Waals surface area contributed by atoms with Crippen molar-refractivity contribution >= 4 is 75.3 Å². The summed E-state index contributed by atoms with van der Waals surface area (Å²) in [5.74, 6) is 0.0827. The van der Waals surface area contributed by atoms with Crippen molar-refractivity contribution in [1.29, 1.82) is 0 Å². The fourth-order valence-corrected chi connectivity index (χ4v) is 19.2. The van der Waals surface area contributed by atoms with Gasteiger partial charge in [-0.25, -0.2) is 0 Å². The van der Waals surface area contributed by atoms with Gasteiger partial charge in [-0.3, -0.25) is 0 Å². The summed E-state index contributed by atoms with van der Waals surface area (Å²) in [6, 6.07) is 63.2. The molecule has 0 bridgehead atoms. The monoisotopic (exact) mass is 678 g/mol. The van der Waals surface area contributed by atoms with E-state index in [1.54, 1.807) is 0 Å². The van der Waals surface area contributed by atoms with Crippen LogP contribution in [0.4, 0.5) is 0 Å². The predicted molar refractivity (Wildman–Crippen MR) is 207 cm³/mol. The van der Waals surface area contributed by atoms with Gasteiger partial charge >= 0.3 is 285 Å². The quantitative estimate of drug-likeness (QED) is 0.0950. The van der Waals surface area contributed by atoms with Crippen molar-refractivity contribution in [2.24, 2.45) is 0 Å². The first-order valence-electron chi connectivity index (χ1n) is 15.7. The molecule has 2 atom stereocenters. The van der Waals surface area contributed by atoms with Gasteiger partial charge < -0.3 is 0 Å². The van der Waals surface area contributed by atoms with Crippen LogP contribution in [0.3, 0.4) is 0 Å². The van der Waals surface area contributed by atoms with Crippen LogP contribution in [0.1, 0.15) is 12.8 Å². The van der Waals surface area contributed by atoms with Crippen LogP contribution in [0.2, 0.25) is 0 Å². The van der Waals surface area contributed by atoms with Crippen molar-refractivity contribution in [3.05, 3.63) is 182 Å². The van der Waals surface area contributed by atoms with E-state index in [0.717, 1.165) is 0 Å². The molecule has 0 aromatic heterocycles. The minimum absolute atomic E-state index is 0.0827. The Labute approximate surface area is 283 Å². The van der Waals surface area contributed by atoms with E-state index in [-0.39, 0.29) is 18.6 Å². The number of hydrogen-bond donors (Lipinski definition) is 0. The summed E-state index contributed by atoms with van der Waals surface area (Å²) in [7, 11) is -5.73. The number of alkyl halides is 2. The summed E-state index contributed by atoms with van der Waals surface area (Å²) in [6.45, 7) is 0.